The second-order valence-electron chi connectivity index (χ2n) is 4.89. The summed E-state index contributed by atoms with van der Waals surface area (Å²) >= 11 is 6.21. The molecule has 0 spiro atoms. The van der Waals surface area contributed by atoms with E-state index >= 15 is 0 Å². The van der Waals surface area contributed by atoms with E-state index in [2.05, 4.69) is 15.5 Å². The molecule has 3 rings (SSSR count). The summed E-state index contributed by atoms with van der Waals surface area (Å²) < 4.78 is 13.0. The Morgan fingerprint density at radius 3 is 3.00 bits per heavy atom. The van der Waals surface area contributed by atoms with Crippen molar-refractivity contribution in [1.82, 2.24) is 20.1 Å². The summed E-state index contributed by atoms with van der Waals surface area (Å²) in [7, 11) is 1.94. The SMILES string of the molecule is Cn1cnnc1CCNCc1cc(Cl)c2c(c1)OCCO2. The molecule has 0 saturated carbocycles. The first-order chi connectivity index (χ1) is 10.2. The molecular weight excluding hydrogens is 292 g/mol. The molecule has 0 unspecified atom stereocenters. The molecule has 7 heteroatoms. The smallest absolute Gasteiger partial charge is 0.179 e. The number of nitrogens with zero attached hydrogens (tertiary/aromatic N) is 3. The van der Waals surface area contributed by atoms with Crippen LogP contribution in [0.3, 0.4) is 0 Å². The summed E-state index contributed by atoms with van der Waals surface area (Å²) in [5.41, 5.74) is 1.07. The fourth-order valence-corrected chi connectivity index (χ4v) is 2.52. The van der Waals surface area contributed by atoms with Crippen molar-refractivity contribution in [2.24, 2.45) is 7.05 Å². The molecule has 1 aromatic carbocycles. The fraction of sp³-hybridized carbons (Fsp3) is 0.429. The summed E-state index contributed by atoms with van der Waals surface area (Å²) in [6.07, 6.45) is 2.53. The lowest BCUT2D eigenvalue weighted by Crippen LogP contribution is -2.19. The summed E-state index contributed by atoms with van der Waals surface area (Å²) in [5.74, 6) is 2.33. The molecule has 0 fully saturated rings. The molecule has 0 bridgehead atoms. The first-order valence-corrected chi connectivity index (χ1v) is 7.23. The Hall–Kier alpha value is -1.79. The van der Waals surface area contributed by atoms with E-state index in [0.29, 0.717) is 30.5 Å². The van der Waals surface area contributed by atoms with Crippen LogP contribution in [0.15, 0.2) is 18.5 Å². The molecule has 1 N–H and O–H groups in total. The number of fused-ring (bicyclic) bond motifs is 1. The van der Waals surface area contributed by atoms with Crippen LogP contribution in [0.4, 0.5) is 0 Å². The molecule has 0 saturated heterocycles. The molecule has 0 aliphatic carbocycles. The normalized spacial score (nSPS) is 13.4. The molecule has 1 aromatic heterocycles. The second kappa shape index (κ2) is 6.32. The number of aryl methyl sites for hydroxylation is 1. The average Bonchev–Trinajstić information content (AvgIpc) is 2.89. The molecule has 0 amide bonds. The summed E-state index contributed by atoms with van der Waals surface area (Å²) in [4.78, 5) is 0. The van der Waals surface area contributed by atoms with Crippen LogP contribution in [-0.2, 0) is 20.0 Å². The van der Waals surface area contributed by atoms with E-state index in [1.54, 1.807) is 6.33 Å². The van der Waals surface area contributed by atoms with Crippen LogP contribution >= 0.6 is 11.6 Å². The Balaban J connectivity index is 1.56. The van der Waals surface area contributed by atoms with Gasteiger partial charge in [-0.2, -0.15) is 0 Å². The predicted molar refractivity (Wildman–Crippen MR) is 78.9 cm³/mol. The second-order valence-corrected chi connectivity index (χ2v) is 5.29. The third-order valence-electron chi connectivity index (χ3n) is 3.32. The van der Waals surface area contributed by atoms with Gasteiger partial charge in [0.05, 0.1) is 5.02 Å². The third kappa shape index (κ3) is 3.28. The van der Waals surface area contributed by atoms with Crippen LogP contribution in [0.25, 0.3) is 0 Å². The number of hydrogen-bond donors (Lipinski definition) is 1. The predicted octanol–water partition coefficient (Wildman–Crippen LogP) is 1.57. The maximum Gasteiger partial charge on any atom is 0.179 e. The zero-order valence-electron chi connectivity index (χ0n) is 11.8. The minimum absolute atomic E-state index is 0.544. The minimum atomic E-state index is 0.544. The number of nitrogens with one attached hydrogen (secondary N) is 1. The van der Waals surface area contributed by atoms with Gasteiger partial charge >= 0.3 is 0 Å². The maximum atomic E-state index is 6.21. The monoisotopic (exact) mass is 308 g/mol. The Kier molecular flexibility index (Phi) is 4.26. The molecule has 0 radical (unpaired) electrons. The van der Waals surface area contributed by atoms with Gasteiger partial charge in [-0.05, 0) is 17.7 Å². The highest BCUT2D eigenvalue weighted by Crippen LogP contribution is 2.38. The number of hydrogen-bond acceptors (Lipinski definition) is 5. The Morgan fingerprint density at radius 1 is 1.33 bits per heavy atom. The van der Waals surface area contributed by atoms with Crippen molar-refractivity contribution >= 4 is 11.6 Å². The number of aromatic nitrogens is 3. The average molecular weight is 309 g/mol. The molecule has 2 heterocycles. The maximum absolute atomic E-state index is 6.21. The summed E-state index contributed by atoms with van der Waals surface area (Å²) in [6.45, 7) is 2.64. The van der Waals surface area contributed by atoms with Gasteiger partial charge in [-0.3, -0.25) is 0 Å². The molecule has 2 aromatic rings. The standard InChI is InChI=1S/C14H17ClN4O2/c1-19-9-17-18-13(19)2-3-16-8-10-6-11(15)14-12(7-10)20-4-5-21-14/h6-7,9,16H,2-5,8H2,1H3. The quantitative estimate of drug-likeness (QED) is 0.850. The Labute approximate surface area is 128 Å². The van der Waals surface area contributed by atoms with Gasteiger partial charge in [0.15, 0.2) is 11.5 Å². The molecular formula is C14H17ClN4O2. The number of benzene rings is 1. The van der Waals surface area contributed by atoms with Crippen molar-refractivity contribution in [2.45, 2.75) is 13.0 Å². The highest BCUT2D eigenvalue weighted by Gasteiger charge is 2.16. The number of rotatable bonds is 5. The van der Waals surface area contributed by atoms with Crippen LogP contribution in [0.1, 0.15) is 11.4 Å². The van der Waals surface area contributed by atoms with Crippen molar-refractivity contribution in [3.05, 3.63) is 34.9 Å². The molecule has 21 heavy (non-hydrogen) atoms. The minimum Gasteiger partial charge on any atom is -0.486 e. The molecule has 0 atom stereocenters. The lowest BCUT2D eigenvalue weighted by atomic mass is 10.2. The van der Waals surface area contributed by atoms with E-state index in [0.717, 1.165) is 30.1 Å². The van der Waals surface area contributed by atoms with Gasteiger partial charge in [0.2, 0.25) is 0 Å². The lowest BCUT2D eigenvalue weighted by Gasteiger charge is -2.20. The highest BCUT2D eigenvalue weighted by molar-refractivity contribution is 6.32. The molecule has 1 aliphatic heterocycles. The van der Waals surface area contributed by atoms with Gasteiger partial charge in [-0.25, -0.2) is 0 Å². The van der Waals surface area contributed by atoms with Crippen molar-refractivity contribution < 1.29 is 9.47 Å². The zero-order chi connectivity index (χ0) is 14.7. The zero-order valence-corrected chi connectivity index (χ0v) is 12.6. The van der Waals surface area contributed by atoms with Gasteiger partial charge < -0.3 is 19.4 Å². The lowest BCUT2D eigenvalue weighted by molar-refractivity contribution is 0.171. The third-order valence-corrected chi connectivity index (χ3v) is 3.60. The molecule has 6 nitrogen and oxygen atoms in total. The van der Waals surface area contributed by atoms with Gasteiger partial charge in [0.1, 0.15) is 25.4 Å². The highest BCUT2D eigenvalue weighted by atomic mass is 35.5. The van der Waals surface area contributed by atoms with E-state index in [9.17, 15) is 0 Å². The molecule has 112 valence electrons. The van der Waals surface area contributed by atoms with Gasteiger partial charge in [0.25, 0.3) is 0 Å². The van der Waals surface area contributed by atoms with Crippen molar-refractivity contribution in [3.63, 3.8) is 0 Å². The van der Waals surface area contributed by atoms with Crippen LogP contribution in [0.2, 0.25) is 5.02 Å². The number of halogens is 1. The van der Waals surface area contributed by atoms with E-state index in [4.69, 9.17) is 21.1 Å². The van der Waals surface area contributed by atoms with Crippen LogP contribution in [0.5, 0.6) is 11.5 Å². The number of ether oxygens (including phenoxy) is 2. The van der Waals surface area contributed by atoms with E-state index in [-0.39, 0.29) is 0 Å². The fourth-order valence-electron chi connectivity index (χ4n) is 2.23. The van der Waals surface area contributed by atoms with Gasteiger partial charge in [-0.1, -0.05) is 11.6 Å². The largest absolute Gasteiger partial charge is 0.486 e. The Bertz CT molecular complexity index is 629. The van der Waals surface area contributed by atoms with Crippen LogP contribution in [0, 0.1) is 0 Å². The van der Waals surface area contributed by atoms with Crippen molar-refractivity contribution in [3.8, 4) is 11.5 Å². The van der Waals surface area contributed by atoms with Crippen LogP contribution < -0.4 is 14.8 Å². The molecule has 1 aliphatic rings. The van der Waals surface area contributed by atoms with Crippen molar-refractivity contribution in [2.75, 3.05) is 19.8 Å². The van der Waals surface area contributed by atoms with E-state index in [1.807, 2.05) is 23.7 Å². The van der Waals surface area contributed by atoms with Crippen molar-refractivity contribution in [1.29, 1.82) is 0 Å². The van der Waals surface area contributed by atoms with E-state index < -0.39 is 0 Å². The Morgan fingerprint density at radius 2 is 2.19 bits per heavy atom. The van der Waals surface area contributed by atoms with E-state index in [1.165, 1.54) is 0 Å². The van der Waals surface area contributed by atoms with Gasteiger partial charge in [0, 0.05) is 26.6 Å². The first-order valence-electron chi connectivity index (χ1n) is 6.85. The summed E-state index contributed by atoms with van der Waals surface area (Å²) in [5, 5.41) is 11.9. The van der Waals surface area contributed by atoms with Gasteiger partial charge in [-0.15, -0.1) is 10.2 Å². The summed E-state index contributed by atoms with van der Waals surface area (Å²) in [6, 6.07) is 3.88. The first kappa shape index (κ1) is 14.2. The van der Waals surface area contributed by atoms with Crippen LogP contribution in [-0.4, -0.2) is 34.5 Å². The topological polar surface area (TPSA) is 61.2 Å².